The van der Waals surface area contributed by atoms with Crippen LogP contribution < -0.4 is 5.32 Å². The standard InChI is InChI=1S/C11H19NO/c1-4-11(8-13-5-1)6-9(11)7-12-10-2-3-10/h9-10,12H,1-8H2. The smallest absolute Gasteiger partial charge is 0.0525 e. The zero-order chi connectivity index (χ0) is 8.73. The van der Waals surface area contributed by atoms with Gasteiger partial charge in [-0.1, -0.05) is 0 Å². The Labute approximate surface area is 80.0 Å². The van der Waals surface area contributed by atoms with Crippen LogP contribution in [0.4, 0.5) is 0 Å². The Kier molecular flexibility index (Phi) is 1.88. The van der Waals surface area contributed by atoms with E-state index >= 15 is 0 Å². The van der Waals surface area contributed by atoms with Gasteiger partial charge in [-0.2, -0.15) is 0 Å². The number of ether oxygens (including phenoxy) is 1. The van der Waals surface area contributed by atoms with Gasteiger partial charge < -0.3 is 10.1 Å². The Balaban J connectivity index is 1.46. The molecule has 2 saturated carbocycles. The van der Waals surface area contributed by atoms with Gasteiger partial charge in [0, 0.05) is 12.6 Å². The molecule has 1 spiro atoms. The maximum absolute atomic E-state index is 5.57. The summed E-state index contributed by atoms with van der Waals surface area (Å²) in [6, 6.07) is 0.877. The third-order valence-corrected chi connectivity index (χ3v) is 3.94. The summed E-state index contributed by atoms with van der Waals surface area (Å²) in [7, 11) is 0. The van der Waals surface area contributed by atoms with Crippen LogP contribution in [-0.2, 0) is 4.74 Å². The van der Waals surface area contributed by atoms with Crippen molar-refractivity contribution >= 4 is 0 Å². The van der Waals surface area contributed by atoms with Crippen molar-refractivity contribution in [1.29, 1.82) is 0 Å². The number of hydrogen-bond acceptors (Lipinski definition) is 2. The maximum atomic E-state index is 5.57. The van der Waals surface area contributed by atoms with Gasteiger partial charge in [0.1, 0.15) is 0 Å². The third-order valence-electron chi connectivity index (χ3n) is 3.94. The van der Waals surface area contributed by atoms with Crippen LogP contribution in [0.5, 0.6) is 0 Å². The summed E-state index contributed by atoms with van der Waals surface area (Å²) in [6.45, 7) is 3.31. The van der Waals surface area contributed by atoms with Crippen molar-refractivity contribution < 1.29 is 4.74 Å². The number of rotatable bonds is 3. The lowest BCUT2D eigenvalue weighted by Gasteiger charge is -2.23. The molecule has 2 nitrogen and oxygen atoms in total. The normalized spacial score (nSPS) is 43.8. The van der Waals surface area contributed by atoms with E-state index in [-0.39, 0.29) is 0 Å². The summed E-state index contributed by atoms with van der Waals surface area (Å²) in [6.07, 6.45) is 6.96. The molecule has 0 bridgehead atoms. The van der Waals surface area contributed by atoms with Gasteiger partial charge in [0.25, 0.3) is 0 Å². The summed E-state index contributed by atoms with van der Waals surface area (Å²) < 4.78 is 5.57. The summed E-state index contributed by atoms with van der Waals surface area (Å²) in [4.78, 5) is 0. The van der Waals surface area contributed by atoms with Crippen molar-refractivity contribution in [3.63, 3.8) is 0 Å². The SMILES string of the molecule is C1COCC2(C1)CC2CNC1CC1. The Morgan fingerprint density at radius 1 is 1.38 bits per heavy atom. The van der Waals surface area contributed by atoms with Crippen molar-refractivity contribution in [1.82, 2.24) is 5.32 Å². The van der Waals surface area contributed by atoms with Crippen molar-refractivity contribution in [3.05, 3.63) is 0 Å². The Hall–Kier alpha value is -0.0800. The molecular weight excluding hydrogens is 162 g/mol. The van der Waals surface area contributed by atoms with E-state index in [1.54, 1.807) is 0 Å². The fraction of sp³-hybridized carbons (Fsp3) is 1.00. The average molecular weight is 181 g/mol. The van der Waals surface area contributed by atoms with Gasteiger partial charge in [0.05, 0.1) is 6.61 Å². The van der Waals surface area contributed by atoms with Gasteiger partial charge in [-0.15, -0.1) is 0 Å². The van der Waals surface area contributed by atoms with Gasteiger partial charge in [-0.3, -0.25) is 0 Å². The summed E-state index contributed by atoms with van der Waals surface area (Å²) in [5, 5.41) is 3.63. The van der Waals surface area contributed by atoms with Crippen molar-refractivity contribution in [2.45, 2.75) is 38.1 Å². The number of nitrogens with one attached hydrogen (secondary N) is 1. The van der Waals surface area contributed by atoms with Gasteiger partial charge in [0.15, 0.2) is 0 Å². The molecule has 1 saturated heterocycles. The second-order valence-electron chi connectivity index (χ2n) is 5.10. The Bertz CT molecular complexity index is 194. The van der Waals surface area contributed by atoms with E-state index in [2.05, 4.69) is 5.32 Å². The number of hydrogen-bond donors (Lipinski definition) is 1. The molecule has 74 valence electrons. The molecule has 2 unspecified atom stereocenters. The molecule has 1 N–H and O–H groups in total. The molecule has 0 aromatic rings. The van der Waals surface area contributed by atoms with Crippen LogP contribution in [-0.4, -0.2) is 25.8 Å². The van der Waals surface area contributed by atoms with Crippen LogP contribution in [0.1, 0.15) is 32.1 Å². The van der Waals surface area contributed by atoms with Gasteiger partial charge in [-0.05, 0) is 50.0 Å². The van der Waals surface area contributed by atoms with Crippen LogP contribution >= 0.6 is 0 Å². The largest absolute Gasteiger partial charge is 0.381 e. The average Bonchev–Trinajstić information content (AvgIpc) is 3.02. The lowest BCUT2D eigenvalue weighted by molar-refractivity contribution is 0.0363. The van der Waals surface area contributed by atoms with Gasteiger partial charge in [0.2, 0.25) is 0 Å². The maximum Gasteiger partial charge on any atom is 0.0525 e. The second kappa shape index (κ2) is 2.96. The van der Waals surface area contributed by atoms with Crippen molar-refractivity contribution in [2.24, 2.45) is 11.3 Å². The fourth-order valence-corrected chi connectivity index (χ4v) is 2.67. The highest BCUT2D eigenvalue weighted by Crippen LogP contribution is 2.57. The molecule has 3 aliphatic rings. The molecule has 1 heterocycles. The minimum atomic E-state index is 0.625. The summed E-state index contributed by atoms with van der Waals surface area (Å²) >= 11 is 0. The molecule has 0 aromatic heterocycles. The topological polar surface area (TPSA) is 21.3 Å². The summed E-state index contributed by atoms with van der Waals surface area (Å²) in [5.74, 6) is 0.938. The minimum absolute atomic E-state index is 0.625. The van der Waals surface area contributed by atoms with E-state index in [4.69, 9.17) is 4.74 Å². The molecule has 3 fully saturated rings. The molecule has 1 aliphatic heterocycles. The molecule has 0 aromatic carbocycles. The van der Waals surface area contributed by atoms with E-state index in [0.717, 1.165) is 25.2 Å². The van der Waals surface area contributed by atoms with Crippen LogP contribution in [0.2, 0.25) is 0 Å². The van der Waals surface area contributed by atoms with E-state index in [1.807, 2.05) is 0 Å². The molecule has 0 amide bonds. The highest BCUT2D eigenvalue weighted by molar-refractivity contribution is 5.04. The Morgan fingerprint density at radius 3 is 3.00 bits per heavy atom. The molecule has 2 aliphatic carbocycles. The molecule has 2 heteroatoms. The highest BCUT2D eigenvalue weighted by Gasteiger charge is 2.54. The van der Waals surface area contributed by atoms with Gasteiger partial charge >= 0.3 is 0 Å². The first-order valence-electron chi connectivity index (χ1n) is 5.70. The van der Waals surface area contributed by atoms with Crippen LogP contribution in [0.15, 0.2) is 0 Å². The lowest BCUT2D eigenvalue weighted by Crippen LogP contribution is -2.26. The Morgan fingerprint density at radius 2 is 2.31 bits per heavy atom. The third kappa shape index (κ3) is 1.62. The van der Waals surface area contributed by atoms with E-state index < -0.39 is 0 Å². The van der Waals surface area contributed by atoms with Crippen molar-refractivity contribution in [3.8, 4) is 0 Å². The zero-order valence-electron chi connectivity index (χ0n) is 8.22. The molecule has 0 radical (unpaired) electrons. The van der Waals surface area contributed by atoms with E-state index in [9.17, 15) is 0 Å². The van der Waals surface area contributed by atoms with Crippen LogP contribution in [0.3, 0.4) is 0 Å². The van der Waals surface area contributed by atoms with Gasteiger partial charge in [-0.25, -0.2) is 0 Å². The molecule has 3 rings (SSSR count). The predicted molar refractivity (Wildman–Crippen MR) is 51.6 cm³/mol. The first kappa shape index (κ1) is 8.25. The van der Waals surface area contributed by atoms with Crippen LogP contribution in [0, 0.1) is 11.3 Å². The second-order valence-corrected chi connectivity index (χ2v) is 5.10. The molecular formula is C11H19NO. The predicted octanol–water partition coefficient (Wildman–Crippen LogP) is 1.56. The minimum Gasteiger partial charge on any atom is -0.381 e. The monoisotopic (exact) mass is 181 g/mol. The van der Waals surface area contributed by atoms with E-state index in [0.29, 0.717) is 5.41 Å². The van der Waals surface area contributed by atoms with Crippen molar-refractivity contribution in [2.75, 3.05) is 19.8 Å². The molecule has 13 heavy (non-hydrogen) atoms. The first-order valence-corrected chi connectivity index (χ1v) is 5.70. The summed E-state index contributed by atoms with van der Waals surface area (Å²) in [5.41, 5.74) is 0.625. The quantitative estimate of drug-likeness (QED) is 0.713. The first-order chi connectivity index (χ1) is 6.39. The lowest BCUT2D eigenvalue weighted by atomic mass is 9.96. The fourth-order valence-electron chi connectivity index (χ4n) is 2.67. The molecule has 2 atom stereocenters. The van der Waals surface area contributed by atoms with Crippen LogP contribution in [0.25, 0.3) is 0 Å². The van der Waals surface area contributed by atoms with E-state index in [1.165, 1.54) is 38.6 Å². The zero-order valence-corrected chi connectivity index (χ0v) is 8.22. The highest BCUT2D eigenvalue weighted by atomic mass is 16.5.